The molecule has 2 heterocycles. The Kier molecular flexibility index (Phi) is 3.38. The number of nitrogens with one attached hydrogen (secondary N) is 1. The molecule has 0 aliphatic carbocycles. The first-order valence-electron chi connectivity index (χ1n) is 5.25. The Balaban J connectivity index is 2.01. The Morgan fingerprint density at radius 3 is 2.82 bits per heavy atom. The van der Waals surface area contributed by atoms with Crippen molar-refractivity contribution in [3.05, 3.63) is 22.1 Å². The van der Waals surface area contributed by atoms with E-state index in [4.69, 9.17) is 11.5 Å². The van der Waals surface area contributed by atoms with E-state index in [1.54, 1.807) is 17.4 Å². The summed E-state index contributed by atoms with van der Waals surface area (Å²) in [6.07, 6.45) is 2.90. The minimum absolute atomic E-state index is 0.167. The van der Waals surface area contributed by atoms with Gasteiger partial charge in [-0.15, -0.1) is 11.3 Å². The third-order valence-corrected chi connectivity index (χ3v) is 3.28. The molecule has 7 heteroatoms. The lowest BCUT2D eigenvalue weighted by Crippen LogP contribution is -2.05. The van der Waals surface area contributed by atoms with Crippen LogP contribution in [0.4, 0.5) is 17.6 Å². The molecule has 0 radical (unpaired) electrons. The summed E-state index contributed by atoms with van der Waals surface area (Å²) < 4.78 is 0. The van der Waals surface area contributed by atoms with Gasteiger partial charge < -0.3 is 16.8 Å². The van der Waals surface area contributed by atoms with Crippen LogP contribution in [0, 0.1) is 0 Å². The minimum Gasteiger partial charge on any atom is -0.383 e. The summed E-state index contributed by atoms with van der Waals surface area (Å²) in [4.78, 5) is 13.4. The van der Waals surface area contributed by atoms with Crippen molar-refractivity contribution in [2.45, 2.75) is 19.9 Å². The summed E-state index contributed by atoms with van der Waals surface area (Å²) >= 11 is 1.68. The van der Waals surface area contributed by atoms with Gasteiger partial charge in [-0.05, 0) is 6.42 Å². The van der Waals surface area contributed by atoms with Crippen molar-refractivity contribution in [3.8, 4) is 0 Å². The van der Waals surface area contributed by atoms with Crippen molar-refractivity contribution < 1.29 is 0 Å². The maximum Gasteiger partial charge on any atom is 0.223 e. The van der Waals surface area contributed by atoms with Crippen LogP contribution in [0.3, 0.4) is 0 Å². The van der Waals surface area contributed by atoms with Gasteiger partial charge >= 0.3 is 0 Å². The molecule has 2 rings (SSSR count). The van der Waals surface area contributed by atoms with Gasteiger partial charge in [0.15, 0.2) is 0 Å². The normalized spacial score (nSPS) is 10.4. The molecule has 0 aromatic carbocycles. The van der Waals surface area contributed by atoms with E-state index in [9.17, 15) is 0 Å². The summed E-state index contributed by atoms with van der Waals surface area (Å²) in [6.45, 7) is 2.72. The Morgan fingerprint density at radius 1 is 1.35 bits per heavy atom. The van der Waals surface area contributed by atoms with Gasteiger partial charge in [-0.2, -0.15) is 9.97 Å². The second-order valence-electron chi connectivity index (χ2n) is 3.46. The molecule has 0 fully saturated rings. The van der Waals surface area contributed by atoms with Gasteiger partial charge in [-0.3, -0.25) is 0 Å². The number of nitrogens with two attached hydrogens (primary N) is 2. The number of nitrogens with zero attached hydrogens (tertiary/aromatic N) is 3. The van der Waals surface area contributed by atoms with E-state index < -0.39 is 0 Å². The molecule has 2 aromatic heterocycles. The van der Waals surface area contributed by atoms with E-state index in [1.807, 2.05) is 6.20 Å². The van der Waals surface area contributed by atoms with Crippen molar-refractivity contribution >= 4 is 28.9 Å². The molecule has 90 valence electrons. The third-order valence-electron chi connectivity index (χ3n) is 2.13. The van der Waals surface area contributed by atoms with Crippen molar-refractivity contribution in [3.63, 3.8) is 0 Å². The molecule has 0 spiro atoms. The zero-order valence-corrected chi connectivity index (χ0v) is 10.3. The molecule has 0 bridgehead atoms. The molecule has 0 aliphatic rings. The maximum atomic E-state index is 5.57. The van der Waals surface area contributed by atoms with Gasteiger partial charge in [0.05, 0.1) is 6.54 Å². The fourth-order valence-corrected chi connectivity index (χ4v) is 2.14. The molecule has 2 aromatic rings. The highest BCUT2D eigenvalue weighted by atomic mass is 32.1. The highest BCUT2D eigenvalue weighted by molar-refractivity contribution is 7.11. The number of hydrogen-bond acceptors (Lipinski definition) is 7. The van der Waals surface area contributed by atoms with Crippen molar-refractivity contribution in [1.82, 2.24) is 15.0 Å². The fraction of sp³-hybridized carbons (Fsp3) is 0.300. The third kappa shape index (κ3) is 3.04. The number of anilines is 3. The summed E-state index contributed by atoms with van der Waals surface area (Å²) in [5, 5.41) is 4.13. The SMILES string of the molecule is CCc1cnc(CNc2cc(N)nc(N)n2)s1. The summed E-state index contributed by atoms with van der Waals surface area (Å²) in [7, 11) is 0. The van der Waals surface area contributed by atoms with Crippen molar-refractivity contribution in [2.24, 2.45) is 0 Å². The predicted octanol–water partition coefficient (Wildman–Crippen LogP) is 1.27. The number of rotatable bonds is 4. The molecule has 5 N–H and O–H groups in total. The molecule has 0 amide bonds. The zero-order chi connectivity index (χ0) is 12.3. The highest BCUT2D eigenvalue weighted by Gasteiger charge is 2.02. The van der Waals surface area contributed by atoms with Gasteiger partial charge in [0.1, 0.15) is 16.6 Å². The number of nitrogen functional groups attached to an aromatic ring is 2. The number of thiazole rings is 1. The van der Waals surface area contributed by atoms with Gasteiger partial charge in [0.25, 0.3) is 0 Å². The van der Waals surface area contributed by atoms with Crippen LogP contribution in [-0.4, -0.2) is 15.0 Å². The molecular weight excluding hydrogens is 236 g/mol. The molecule has 17 heavy (non-hydrogen) atoms. The van der Waals surface area contributed by atoms with Crippen LogP contribution in [0.1, 0.15) is 16.8 Å². The number of hydrogen-bond donors (Lipinski definition) is 3. The lowest BCUT2D eigenvalue weighted by atomic mass is 10.4. The highest BCUT2D eigenvalue weighted by Crippen LogP contribution is 2.15. The van der Waals surface area contributed by atoms with Crippen molar-refractivity contribution in [1.29, 1.82) is 0 Å². The van der Waals surface area contributed by atoms with Crippen LogP contribution in [0.25, 0.3) is 0 Å². The largest absolute Gasteiger partial charge is 0.383 e. The Hall–Kier alpha value is -1.89. The van der Waals surface area contributed by atoms with Gasteiger partial charge in [-0.25, -0.2) is 4.98 Å². The zero-order valence-electron chi connectivity index (χ0n) is 9.47. The lowest BCUT2D eigenvalue weighted by molar-refractivity contribution is 1.06. The van der Waals surface area contributed by atoms with Crippen LogP contribution >= 0.6 is 11.3 Å². The van der Waals surface area contributed by atoms with E-state index in [0.717, 1.165) is 11.4 Å². The monoisotopic (exact) mass is 250 g/mol. The van der Waals surface area contributed by atoms with E-state index >= 15 is 0 Å². The first kappa shape index (κ1) is 11.6. The molecule has 0 saturated heterocycles. The maximum absolute atomic E-state index is 5.57. The van der Waals surface area contributed by atoms with Crippen LogP contribution in [-0.2, 0) is 13.0 Å². The van der Waals surface area contributed by atoms with Crippen molar-refractivity contribution in [2.75, 3.05) is 16.8 Å². The molecule has 0 saturated carbocycles. The topological polar surface area (TPSA) is 103 Å². The molecule has 0 atom stereocenters. The van der Waals surface area contributed by atoms with E-state index in [1.165, 1.54) is 4.88 Å². The van der Waals surface area contributed by atoms with Gasteiger partial charge in [-0.1, -0.05) is 6.92 Å². The first-order chi connectivity index (χ1) is 8.17. The lowest BCUT2D eigenvalue weighted by Gasteiger charge is -2.04. The predicted molar refractivity (Wildman–Crippen MR) is 69.7 cm³/mol. The molecule has 0 unspecified atom stereocenters. The van der Waals surface area contributed by atoms with Crippen LogP contribution in [0.15, 0.2) is 12.3 Å². The summed E-state index contributed by atoms with van der Waals surface area (Å²) in [6, 6.07) is 1.64. The second-order valence-corrected chi connectivity index (χ2v) is 4.66. The van der Waals surface area contributed by atoms with E-state index in [0.29, 0.717) is 18.2 Å². The first-order valence-corrected chi connectivity index (χ1v) is 6.06. The number of aryl methyl sites for hydroxylation is 1. The summed E-state index contributed by atoms with van der Waals surface area (Å²) in [5.41, 5.74) is 11.1. The Labute approximate surface area is 103 Å². The summed E-state index contributed by atoms with van der Waals surface area (Å²) in [5.74, 6) is 1.14. The smallest absolute Gasteiger partial charge is 0.223 e. The number of aromatic nitrogens is 3. The molecular formula is C10H14N6S. The molecule has 0 aliphatic heterocycles. The average molecular weight is 250 g/mol. The second kappa shape index (κ2) is 4.96. The van der Waals surface area contributed by atoms with Crippen LogP contribution in [0.5, 0.6) is 0 Å². The average Bonchev–Trinajstić information content (AvgIpc) is 2.73. The molecule has 6 nitrogen and oxygen atoms in total. The Morgan fingerprint density at radius 2 is 2.18 bits per heavy atom. The standard InChI is InChI=1S/C10H14N6S/c1-2-6-4-14-9(17-6)5-13-8-3-7(11)15-10(12)16-8/h3-4H,2,5H2,1H3,(H5,11,12,13,15,16). The van der Waals surface area contributed by atoms with Gasteiger partial charge in [0.2, 0.25) is 5.95 Å². The minimum atomic E-state index is 0.167. The van der Waals surface area contributed by atoms with Gasteiger partial charge in [0, 0.05) is 17.1 Å². The quantitative estimate of drug-likeness (QED) is 0.755. The van der Waals surface area contributed by atoms with Crippen LogP contribution < -0.4 is 16.8 Å². The Bertz CT molecular complexity index is 489. The van der Waals surface area contributed by atoms with E-state index in [-0.39, 0.29) is 5.95 Å². The fourth-order valence-electron chi connectivity index (χ4n) is 1.34. The van der Waals surface area contributed by atoms with E-state index in [2.05, 4.69) is 27.2 Å². The van der Waals surface area contributed by atoms with Crippen LogP contribution in [0.2, 0.25) is 0 Å².